The zero-order valence-electron chi connectivity index (χ0n) is 24.4. The number of esters is 1. The number of amides is 1. The maximum absolute atomic E-state index is 12.9. The first-order chi connectivity index (χ1) is 18.6. The second-order valence-electron chi connectivity index (χ2n) is 12.3. The number of nitrogens with zero attached hydrogens (tertiary/aromatic N) is 1. The first kappa shape index (κ1) is 29.9. The van der Waals surface area contributed by atoms with E-state index in [4.69, 9.17) is 14.2 Å². The lowest BCUT2D eigenvalue weighted by Gasteiger charge is -2.44. The third-order valence-corrected chi connectivity index (χ3v) is 10.2. The molecule has 0 atom stereocenters. The van der Waals surface area contributed by atoms with E-state index in [0.717, 1.165) is 48.1 Å². The van der Waals surface area contributed by atoms with Gasteiger partial charge >= 0.3 is 12.1 Å². The molecule has 1 amide bonds. The molecule has 0 bridgehead atoms. The van der Waals surface area contributed by atoms with E-state index in [-0.39, 0.29) is 24.1 Å². The Morgan fingerprint density at radius 2 is 1.57 bits per heavy atom. The highest BCUT2D eigenvalue weighted by molar-refractivity contribution is 7.92. The number of sulfone groups is 1. The molecule has 1 spiro atoms. The minimum atomic E-state index is -3.77. The fourth-order valence-corrected chi connectivity index (χ4v) is 6.41. The number of fused-ring (bicyclic) bond motifs is 1. The Bertz CT molecular complexity index is 1350. The van der Waals surface area contributed by atoms with E-state index in [1.165, 1.54) is 13.8 Å². The van der Waals surface area contributed by atoms with Crippen molar-refractivity contribution >= 4 is 21.9 Å². The van der Waals surface area contributed by atoms with E-state index in [9.17, 15) is 18.0 Å². The molecule has 0 radical (unpaired) electrons. The van der Waals surface area contributed by atoms with Crippen molar-refractivity contribution in [2.24, 2.45) is 0 Å². The van der Waals surface area contributed by atoms with Gasteiger partial charge in [0.05, 0.1) is 12.4 Å². The Morgan fingerprint density at radius 3 is 2.17 bits per heavy atom. The second-order valence-corrected chi connectivity index (χ2v) is 14.8. The molecule has 9 heteroatoms. The summed E-state index contributed by atoms with van der Waals surface area (Å²) >= 11 is 0. The van der Waals surface area contributed by atoms with Crippen molar-refractivity contribution in [3.8, 4) is 16.9 Å². The number of hydrogen-bond donors (Lipinski definition) is 0. The van der Waals surface area contributed by atoms with Gasteiger partial charge in [-0.05, 0) is 88.8 Å². The van der Waals surface area contributed by atoms with Crippen molar-refractivity contribution in [2.75, 3.05) is 19.7 Å². The average molecular weight is 572 g/mol. The van der Waals surface area contributed by atoms with E-state index in [1.807, 2.05) is 45.0 Å². The van der Waals surface area contributed by atoms with Crippen LogP contribution in [0.5, 0.6) is 5.75 Å². The van der Waals surface area contributed by atoms with Crippen molar-refractivity contribution in [1.29, 1.82) is 0 Å². The van der Waals surface area contributed by atoms with Crippen LogP contribution in [0.1, 0.15) is 71.9 Å². The van der Waals surface area contributed by atoms with Gasteiger partial charge in [-0.25, -0.2) is 13.2 Å². The van der Waals surface area contributed by atoms with Crippen LogP contribution in [0, 0.1) is 0 Å². The number of piperidine rings is 1. The summed E-state index contributed by atoms with van der Waals surface area (Å²) in [6.07, 6.45) is 3.04. The van der Waals surface area contributed by atoms with Gasteiger partial charge in [-0.1, -0.05) is 30.3 Å². The highest BCUT2D eigenvalue weighted by Gasteiger charge is 2.43. The van der Waals surface area contributed by atoms with Crippen LogP contribution >= 0.6 is 0 Å². The molecule has 8 nitrogen and oxygen atoms in total. The van der Waals surface area contributed by atoms with Crippen molar-refractivity contribution in [3.05, 3.63) is 53.6 Å². The van der Waals surface area contributed by atoms with Crippen molar-refractivity contribution in [3.63, 3.8) is 0 Å². The van der Waals surface area contributed by atoms with Gasteiger partial charge in [-0.2, -0.15) is 0 Å². The Kier molecular flexibility index (Phi) is 8.28. The smallest absolute Gasteiger partial charge is 0.410 e. The number of likely N-dealkylation sites (tertiary alicyclic amines) is 1. The van der Waals surface area contributed by atoms with Crippen LogP contribution < -0.4 is 4.74 Å². The van der Waals surface area contributed by atoms with Crippen LogP contribution in [-0.2, 0) is 36.3 Å². The summed E-state index contributed by atoms with van der Waals surface area (Å²) < 4.78 is 41.3. The fourth-order valence-electron chi connectivity index (χ4n) is 5.10. The molecule has 0 aliphatic carbocycles. The molecule has 1 fully saturated rings. The molecule has 0 saturated carbocycles. The number of hydrogen-bond acceptors (Lipinski definition) is 7. The number of benzene rings is 2. The quantitative estimate of drug-likeness (QED) is 0.410. The number of carbonyl (C=O) groups excluding carboxylic acids is 2. The lowest BCUT2D eigenvalue weighted by Crippen LogP contribution is -2.52. The van der Waals surface area contributed by atoms with E-state index in [1.54, 1.807) is 24.0 Å². The number of aryl methyl sites for hydroxylation is 1. The summed E-state index contributed by atoms with van der Waals surface area (Å²) in [7, 11) is -3.77. The minimum absolute atomic E-state index is 0.131. The maximum Gasteiger partial charge on any atom is 0.410 e. The molecule has 0 unspecified atom stereocenters. The van der Waals surface area contributed by atoms with E-state index < -0.39 is 26.2 Å². The normalized spacial score (nSPS) is 17.1. The zero-order valence-corrected chi connectivity index (χ0v) is 25.2. The Hall–Kier alpha value is -3.07. The summed E-state index contributed by atoms with van der Waals surface area (Å²) in [5.74, 6) is -0.104. The molecule has 2 aliphatic heterocycles. The molecule has 40 heavy (non-hydrogen) atoms. The second kappa shape index (κ2) is 11.1. The molecule has 0 N–H and O–H groups in total. The molecular formula is C31H41NO7S. The molecule has 4 rings (SSSR count). The van der Waals surface area contributed by atoms with Crippen molar-refractivity contribution < 1.29 is 32.2 Å². The van der Waals surface area contributed by atoms with Gasteiger partial charge in [0.25, 0.3) is 0 Å². The lowest BCUT2D eigenvalue weighted by atomic mass is 9.82. The summed E-state index contributed by atoms with van der Waals surface area (Å²) in [5, 5.41) is 0. The van der Waals surface area contributed by atoms with Gasteiger partial charge < -0.3 is 19.1 Å². The highest BCUT2D eigenvalue weighted by Crippen LogP contribution is 2.41. The predicted molar refractivity (Wildman–Crippen MR) is 154 cm³/mol. The van der Waals surface area contributed by atoms with Gasteiger partial charge in [0.15, 0.2) is 14.6 Å². The molecule has 218 valence electrons. The van der Waals surface area contributed by atoms with Crippen LogP contribution in [-0.4, -0.2) is 61.0 Å². The summed E-state index contributed by atoms with van der Waals surface area (Å²) in [4.78, 5) is 26.4. The standard InChI is InChI=1S/C31H41NO7S/c1-7-37-27(33)30(5,6)40(35,36)21-22-8-10-23(11-9-22)24-12-13-26-25(20-24)14-15-31(38-26)16-18-32(19-17-31)28(34)39-29(2,3)4/h8-13,20H,7,14-19,21H2,1-6H3. The minimum Gasteiger partial charge on any atom is -0.487 e. The van der Waals surface area contributed by atoms with E-state index in [0.29, 0.717) is 18.7 Å². The third-order valence-electron chi connectivity index (χ3n) is 7.75. The largest absolute Gasteiger partial charge is 0.487 e. The van der Waals surface area contributed by atoms with Crippen LogP contribution in [0.25, 0.3) is 11.1 Å². The third kappa shape index (κ3) is 6.45. The Morgan fingerprint density at radius 1 is 0.950 bits per heavy atom. The Labute approximate surface area is 237 Å². The molecular weight excluding hydrogens is 530 g/mol. The fraction of sp³-hybridized carbons (Fsp3) is 0.548. The Balaban J connectivity index is 1.40. The maximum atomic E-state index is 12.9. The predicted octanol–water partition coefficient (Wildman–Crippen LogP) is 5.70. The van der Waals surface area contributed by atoms with Gasteiger partial charge in [0, 0.05) is 25.9 Å². The summed E-state index contributed by atoms with van der Waals surface area (Å²) in [6.45, 7) is 11.4. The average Bonchev–Trinajstić information content (AvgIpc) is 2.88. The van der Waals surface area contributed by atoms with Gasteiger partial charge in [0.2, 0.25) is 0 Å². The molecule has 2 aromatic rings. The molecule has 2 aliphatic rings. The van der Waals surface area contributed by atoms with Crippen molar-refractivity contribution in [1.82, 2.24) is 4.90 Å². The van der Waals surface area contributed by atoms with Crippen LogP contribution in [0.4, 0.5) is 4.79 Å². The SMILES string of the molecule is CCOC(=O)C(C)(C)S(=O)(=O)Cc1ccc(-c2ccc3c(c2)CCC2(CCN(C(=O)OC(C)(C)C)CC2)O3)cc1. The highest BCUT2D eigenvalue weighted by atomic mass is 32.2. The lowest BCUT2D eigenvalue weighted by molar-refractivity contribution is -0.145. The molecule has 0 aromatic heterocycles. The molecule has 2 aromatic carbocycles. The van der Waals surface area contributed by atoms with Crippen LogP contribution in [0.2, 0.25) is 0 Å². The van der Waals surface area contributed by atoms with Crippen molar-refractivity contribution in [2.45, 2.75) is 88.9 Å². The first-order valence-electron chi connectivity index (χ1n) is 13.9. The zero-order chi connectivity index (χ0) is 29.3. The summed E-state index contributed by atoms with van der Waals surface area (Å²) in [6, 6.07) is 13.5. The first-order valence-corrected chi connectivity index (χ1v) is 15.6. The van der Waals surface area contributed by atoms with E-state index in [2.05, 4.69) is 6.07 Å². The number of carbonyl (C=O) groups is 2. The van der Waals surface area contributed by atoms with Gasteiger partial charge in [0.1, 0.15) is 17.0 Å². The monoisotopic (exact) mass is 571 g/mol. The molecule has 1 saturated heterocycles. The summed E-state index contributed by atoms with van der Waals surface area (Å²) in [5.41, 5.74) is 2.97. The van der Waals surface area contributed by atoms with Gasteiger partial charge in [-0.15, -0.1) is 0 Å². The number of ether oxygens (including phenoxy) is 3. The van der Waals surface area contributed by atoms with Crippen LogP contribution in [0.15, 0.2) is 42.5 Å². The van der Waals surface area contributed by atoms with E-state index >= 15 is 0 Å². The topological polar surface area (TPSA) is 99.2 Å². The van der Waals surface area contributed by atoms with Crippen LogP contribution in [0.3, 0.4) is 0 Å². The van der Waals surface area contributed by atoms with Gasteiger partial charge in [-0.3, -0.25) is 4.79 Å². The molecule has 2 heterocycles. The number of rotatable bonds is 6.